The van der Waals surface area contributed by atoms with Crippen LogP contribution in [0.3, 0.4) is 0 Å². The third-order valence-corrected chi connectivity index (χ3v) is 5.09. The van der Waals surface area contributed by atoms with Gasteiger partial charge in [0.05, 0.1) is 24.1 Å². The van der Waals surface area contributed by atoms with E-state index in [4.69, 9.17) is 0 Å². The topological polar surface area (TPSA) is 64.1 Å². The van der Waals surface area contributed by atoms with Crippen LogP contribution in [0.5, 0.6) is 0 Å². The van der Waals surface area contributed by atoms with E-state index in [1.807, 2.05) is 60.2 Å². The zero-order chi connectivity index (χ0) is 16.7. The highest BCUT2D eigenvalue weighted by Crippen LogP contribution is 2.30. The maximum Gasteiger partial charge on any atom is 0.214 e. The number of aryl methyl sites for hydroxylation is 1. The van der Waals surface area contributed by atoms with E-state index in [9.17, 15) is 0 Å². The second-order valence-electron chi connectivity index (χ2n) is 5.71. The molecule has 1 unspecified atom stereocenters. The smallest absolute Gasteiger partial charge is 0.214 e. The Hall–Kier alpha value is -2.74. The van der Waals surface area contributed by atoms with Crippen LogP contribution in [0.15, 0.2) is 43.1 Å². The molecule has 0 aliphatic heterocycles. The second kappa shape index (κ2) is 5.72. The lowest BCUT2D eigenvalue weighted by Gasteiger charge is -2.22. The van der Waals surface area contributed by atoms with Gasteiger partial charge in [-0.1, -0.05) is 11.3 Å². The monoisotopic (exact) mass is 339 g/mol. The number of hydrogen-bond acceptors (Lipinski definition) is 6. The van der Waals surface area contributed by atoms with Gasteiger partial charge in [-0.05, 0) is 19.1 Å². The fraction of sp³-hybridized carbons (Fsp3) is 0.250. The van der Waals surface area contributed by atoms with Crippen molar-refractivity contribution in [1.29, 1.82) is 0 Å². The molecule has 0 amide bonds. The molecule has 0 spiro atoms. The van der Waals surface area contributed by atoms with Gasteiger partial charge in [0, 0.05) is 43.8 Å². The standard InChI is InChI=1S/C16H17N7S/c1-11(13-8-18-21(2)9-13)22(3)16-20-23-10-14(19-15(23)24-16)12-5-4-6-17-7-12/h4-11H,1-3H3. The number of rotatable bonds is 4. The number of anilines is 1. The van der Waals surface area contributed by atoms with E-state index in [-0.39, 0.29) is 6.04 Å². The first-order valence-corrected chi connectivity index (χ1v) is 8.41. The molecule has 4 aromatic rings. The Bertz CT molecular complexity index is 937. The van der Waals surface area contributed by atoms with Crippen LogP contribution in [-0.4, -0.2) is 36.4 Å². The minimum absolute atomic E-state index is 0.187. The van der Waals surface area contributed by atoms with E-state index in [0.717, 1.165) is 26.9 Å². The summed E-state index contributed by atoms with van der Waals surface area (Å²) in [7, 11) is 3.96. The Morgan fingerprint density at radius 2 is 2.12 bits per heavy atom. The molecule has 0 aliphatic carbocycles. The summed E-state index contributed by atoms with van der Waals surface area (Å²) in [5.74, 6) is 0. The molecule has 7 nitrogen and oxygen atoms in total. The average Bonchev–Trinajstić information content (AvgIpc) is 3.28. The molecule has 8 heteroatoms. The van der Waals surface area contributed by atoms with Crippen molar-refractivity contribution in [1.82, 2.24) is 29.4 Å². The summed E-state index contributed by atoms with van der Waals surface area (Å²) in [6.07, 6.45) is 9.42. The van der Waals surface area contributed by atoms with Crippen LogP contribution in [0, 0.1) is 0 Å². The van der Waals surface area contributed by atoms with Gasteiger partial charge >= 0.3 is 0 Å². The summed E-state index contributed by atoms with van der Waals surface area (Å²) in [5, 5.41) is 9.83. The van der Waals surface area contributed by atoms with Crippen LogP contribution in [-0.2, 0) is 7.05 Å². The minimum atomic E-state index is 0.187. The van der Waals surface area contributed by atoms with E-state index in [2.05, 4.69) is 32.0 Å². The lowest BCUT2D eigenvalue weighted by molar-refractivity contribution is 0.722. The first kappa shape index (κ1) is 14.8. The highest BCUT2D eigenvalue weighted by atomic mass is 32.1. The quantitative estimate of drug-likeness (QED) is 0.572. The Balaban J connectivity index is 1.62. The molecule has 0 aliphatic rings. The van der Waals surface area contributed by atoms with Crippen LogP contribution >= 0.6 is 11.3 Å². The molecule has 1 atom stereocenters. The summed E-state index contributed by atoms with van der Waals surface area (Å²) < 4.78 is 3.64. The molecule has 0 N–H and O–H groups in total. The third-order valence-electron chi connectivity index (χ3n) is 4.08. The average molecular weight is 339 g/mol. The molecule has 0 aromatic carbocycles. The highest BCUT2D eigenvalue weighted by molar-refractivity contribution is 7.20. The van der Waals surface area contributed by atoms with Crippen LogP contribution in [0.25, 0.3) is 16.2 Å². The van der Waals surface area contributed by atoms with Crippen LogP contribution in [0.4, 0.5) is 5.13 Å². The molecule has 4 heterocycles. The highest BCUT2D eigenvalue weighted by Gasteiger charge is 2.18. The van der Waals surface area contributed by atoms with Crippen molar-refractivity contribution >= 4 is 21.4 Å². The number of fused-ring (bicyclic) bond motifs is 1. The molecule has 4 rings (SSSR count). The van der Waals surface area contributed by atoms with Gasteiger partial charge in [-0.2, -0.15) is 5.10 Å². The van der Waals surface area contributed by atoms with Gasteiger partial charge in [0.1, 0.15) is 0 Å². The van der Waals surface area contributed by atoms with E-state index in [1.54, 1.807) is 17.5 Å². The summed E-state index contributed by atoms with van der Waals surface area (Å²) in [6.45, 7) is 2.14. The molecular formula is C16H17N7S. The zero-order valence-corrected chi connectivity index (χ0v) is 14.5. The predicted octanol–water partition coefficient (Wildman–Crippen LogP) is 2.78. The van der Waals surface area contributed by atoms with E-state index >= 15 is 0 Å². The number of hydrogen-bond donors (Lipinski definition) is 0. The van der Waals surface area contributed by atoms with Gasteiger partial charge < -0.3 is 4.90 Å². The summed E-state index contributed by atoms with van der Waals surface area (Å²) in [6, 6.07) is 4.09. The molecule has 0 fully saturated rings. The van der Waals surface area contributed by atoms with E-state index < -0.39 is 0 Å². The Morgan fingerprint density at radius 1 is 1.25 bits per heavy atom. The van der Waals surface area contributed by atoms with Gasteiger partial charge in [-0.25, -0.2) is 9.50 Å². The number of aromatic nitrogens is 6. The number of nitrogens with zero attached hydrogens (tertiary/aromatic N) is 7. The molecule has 0 bridgehead atoms. The number of imidazole rings is 1. The minimum Gasteiger partial charge on any atom is -0.343 e. The predicted molar refractivity (Wildman–Crippen MR) is 94.1 cm³/mol. The van der Waals surface area contributed by atoms with Gasteiger partial charge in [0.25, 0.3) is 0 Å². The Labute approximate surface area is 143 Å². The maximum atomic E-state index is 4.66. The van der Waals surface area contributed by atoms with Crippen LogP contribution in [0.1, 0.15) is 18.5 Å². The SMILES string of the molecule is CC(c1cnn(C)c1)N(C)c1nn2cc(-c3cccnc3)nc2s1. The van der Waals surface area contributed by atoms with Crippen molar-refractivity contribution in [2.45, 2.75) is 13.0 Å². The van der Waals surface area contributed by atoms with Crippen LogP contribution in [0.2, 0.25) is 0 Å². The molecule has 122 valence electrons. The maximum absolute atomic E-state index is 4.66. The summed E-state index contributed by atoms with van der Waals surface area (Å²) >= 11 is 1.57. The lowest BCUT2D eigenvalue weighted by atomic mass is 10.2. The van der Waals surface area contributed by atoms with Crippen LogP contribution < -0.4 is 4.90 Å². The van der Waals surface area contributed by atoms with Gasteiger partial charge in [-0.3, -0.25) is 9.67 Å². The van der Waals surface area contributed by atoms with Gasteiger partial charge in [0.15, 0.2) is 0 Å². The van der Waals surface area contributed by atoms with Crippen molar-refractivity contribution in [3.8, 4) is 11.3 Å². The van der Waals surface area contributed by atoms with Crippen molar-refractivity contribution in [3.05, 3.63) is 48.7 Å². The van der Waals surface area contributed by atoms with Crippen molar-refractivity contribution in [3.63, 3.8) is 0 Å². The van der Waals surface area contributed by atoms with Crippen molar-refractivity contribution < 1.29 is 0 Å². The van der Waals surface area contributed by atoms with E-state index in [1.165, 1.54) is 0 Å². The largest absolute Gasteiger partial charge is 0.343 e. The number of pyridine rings is 1. The van der Waals surface area contributed by atoms with Gasteiger partial charge in [-0.15, -0.1) is 5.10 Å². The third kappa shape index (κ3) is 2.54. The second-order valence-corrected chi connectivity index (χ2v) is 6.65. The summed E-state index contributed by atoms with van der Waals surface area (Å²) in [5.41, 5.74) is 3.04. The fourth-order valence-electron chi connectivity index (χ4n) is 2.53. The lowest BCUT2D eigenvalue weighted by Crippen LogP contribution is -2.21. The summed E-state index contributed by atoms with van der Waals surface area (Å²) in [4.78, 5) is 11.8. The van der Waals surface area contributed by atoms with Gasteiger partial charge in [0.2, 0.25) is 10.1 Å². The Morgan fingerprint density at radius 3 is 2.79 bits per heavy atom. The fourth-order valence-corrected chi connectivity index (χ4v) is 3.46. The molecule has 0 saturated carbocycles. The zero-order valence-electron chi connectivity index (χ0n) is 13.7. The molecule has 0 radical (unpaired) electrons. The molecule has 0 saturated heterocycles. The van der Waals surface area contributed by atoms with Crippen molar-refractivity contribution in [2.24, 2.45) is 7.05 Å². The first-order valence-electron chi connectivity index (χ1n) is 7.60. The molecule has 24 heavy (non-hydrogen) atoms. The first-order chi connectivity index (χ1) is 11.6. The molecular weight excluding hydrogens is 322 g/mol. The normalized spacial score (nSPS) is 12.6. The van der Waals surface area contributed by atoms with E-state index in [0.29, 0.717) is 0 Å². The Kier molecular flexibility index (Phi) is 3.53. The van der Waals surface area contributed by atoms with Crippen molar-refractivity contribution in [2.75, 3.05) is 11.9 Å². The molecule has 4 aromatic heterocycles.